The predicted molar refractivity (Wildman–Crippen MR) is 139 cm³/mol. The van der Waals surface area contributed by atoms with Crippen molar-refractivity contribution in [2.24, 2.45) is 5.16 Å². The Morgan fingerprint density at radius 2 is 2.15 bits per heavy atom. The van der Waals surface area contributed by atoms with E-state index in [9.17, 15) is 24.3 Å². The molecule has 19 heteroatoms. The Balaban J connectivity index is 1.46. The van der Waals surface area contributed by atoms with Crippen molar-refractivity contribution in [3.63, 3.8) is 0 Å². The summed E-state index contributed by atoms with van der Waals surface area (Å²) in [6.07, 6.45) is 0. The minimum Gasteiger partial charge on any atom is -0.477 e. The van der Waals surface area contributed by atoms with E-state index in [1.807, 2.05) is 0 Å². The lowest BCUT2D eigenvalue weighted by Gasteiger charge is -2.49. The van der Waals surface area contributed by atoms with Crippen molar-refractivity contribution >= 4 is 69.5 Å². The number of aromatic nitrogens is 5. The van der Waals surface area contributed by atoms with Gasteiger partial charge in [0.15, 0.2) is 10.8 Å². The van der Waals surface area contributed by atoms with E-state index in [-0.39, 0.29) is 28.0 Å². The van der Waals surface area contributed by atoms with Gasteiger partial charge in [0.05, 0.1) is 0 Å². The van der Waals surface area contributed by atoms with Crippen LogP contribution in [0.15, 0.2) is 27.0 Å². The monoisotopic (exact) mass is 597 g/mol. The topological polar surface area (TPSA) is 228 Å². The first-order valence-corrected chi connectivity index (χ1v) is 14.1. The zero-order valence-corrected chi connectivity index (χ0v) is 23.2. The smallest absolute Gasteiger partial charge is 0.352 e. The summed E-state index contributed by atoms with van der Waals surface area (Å²) in [6.45, 7) is 4.50. The van der Waals surface area contributed by atoms with Gasteiger partial charge in [-0.25, -0.2) is 19.7 Å². The summed E-state index contributed by atoms with van der Waals surface area (Å²) in [6, 6.07) is -1.03. The Labute approximate surface area is 233 Å². The van der Waals surface area contributed by atoms with Crippen LogP contribution in [0.2, 0.25) is 0 Å². The van der Waals surface area contributed by atoms with E-state index >= 15 is 0 Å². The number of hydrogen-bond acceptors (Lipinski definition) is 15. The summed E-state index contributed by atoms with van der Waals surface area (Å²) in [5.41, 5.74) is 5.08. The number of nitrogens with two attached hydrogens (primary N) is 1. The number of thioether (sulfide) groups is 2. The quantitative estimate of drug-likeness (QED) is 0.0917. The molecule has 0 aromatic carbocycles. The van der Waals surface area contributed by atoms with Gasteiger partial charge in [-0.1, -0.05) is 16.9 Å². The number of H-pyrrole nitrogens is 1. The molecule has 208 valence electrons. The van der Waals surface area contributed by atoms with Gasteiger partial charge in [-0.15, -0.1) is 28.2 Å². The Kier molecular flexibility index (Phi) is 8.40. The summed E-state index contributed by atoms with van der Waals surface area (Å²) in [5, 5.41) is 30.8. The fourth-order valence-electron chi connectivity index (χ4n) is 3.49. The second-order valence-corrected chi connectivity index (χ2v) is 11.9. The minimum atomic E-state index is -1.26. The third-order valence-corrected chi connectivity index (χ3v) is 7.94. The summed E-state index contributed by atoms with van der Waals surface area (Å²) < 4.78 is 5.15. The largest absolute Gasteiger partial charge is 0.477 e. The first-order chi connectivity index (χ1) is 18.4. The molecule has 4 heterocycles. The number of carbonyl (C=O) groups is 4. The van der Waals surface area contributed by atoms with Crippen LogP contribution in [0.25, 0.3) is 0 Å². The molecule has 5 N–H and O–H groups in total. The highest BCUT2D eigenvalue weighted by atomic mass is 32.2. The van der Waals surface area contributed by atoms with Crippen molar-refractivity contribution < 1.29 is 33.9 Å². The summed E-state index contributed by atoms with van der Waals surface area (Å²) in [7, 11) is 0. The maximum Gasteiger partial charge on any atom is 0.352 e. The molecule has 4 rings (SSSR count). The number of nitrogens with one attached hydrogen (secondary N) is 2. The Bertz CT molecular complexity index is 1340. The fourth-order valence-corrected chi connectivity index (χ4v) is 6.26. The maximum atomic E-state index is 13.1. The van der Waals surface area contributed by atoms with Gasteiger partial charge in [0.1, 0.15) is 28.4 Å². The molecule has 1 unspecified atom stereocenters. The Hall–Kier alpha value is -3.71. The molecular formula is C20H23N9O7S3. The van der Waals surface area contributed by atoms with E-state index in [0.717, 1.165) is 16.2 Å². The number of anilines is 1. The van der Waals surface area contributed by atoms with Crippen LogP contribution in [0, 0.1) is 0 Å². The van der Waals surface area contributed by atoms with Crippen molar-refractivity contribution in [2.75, 3.05) is 23.8 Å². The van der Waals surface area contributed by atoms with Gasteiger partial charge < -0.3 is 25.7 Å². The zero-order chi connectivity index (χ0) is 28.3. The Morgan fingerprint density at radius 1 is 1.38 bits per heavy atom. The average Bonchev–Trinajstić information content (AvgIpc) is 3.53. The molecule has 0 aliphatic carbocycles. The highest BCUT2D eigenvalue weighted by Crippen LogP contribution is 2.41. The van der Waals surface area contributed by atoms with Crippen LogP contribution in [0.3, 0.4) is 0 Å². The summed E-state index contributed by atoms with van der Waals surface area (Å²) in [5.74, 6) is -2.83. The van der Waals surface area contributed by atoms with Crippen LogP contribution in [0.4, 0.5) is 5.13 Å². The molecule has 2 aliphatic rings. The van der Waals surface area contributed by atoms with E-state index in [0.29, 0.717) is 16.5 Å². The molecule has 2 aromatic rings. The van der Waals surface area contributed by atoms with Crippen LogP contribution in [0.1, 0.15) is 26.5 Å². The summed E-state index contributed by atoms with van der Waals surface area (Å²) >= 11 is 3.55. The lowest BCUT2D eigenvalue weighted by Crippen LogP contribution is -2.71. The highest BCUT2D eigenvalue weighted by molar-refractivity contribution is 8.01. The number of aliphatic carboxylic acids is 1. The second-order valence-electron chi connectivity index (χ2n) is 8.98. The number of nitrogen functional groups attached to an aromatic ring is 1. The molecule has 2 aliphatic heterocycles. The van der Waals surface area contributed by atoms with E-state index in [4.69, 9.17) is 15.3 Å². The molecule has 0 bridgehead atoms. The van der Waals surface area contributed by atoms with Gasteiger partial charge >= 0.3 is 11.9 Å². The number of carboxylic acids is 1. The number of carboxylic acid groups (broad SMARTS) is 1. The number of hydrogen-bond donors (Lipinski definition) is 4. The predicted octanol–water partition coefficient (Wildman–Crippen LogP) is -0.168. The van der Waals surface area contributed by atoms with E-state index in [2.05, 4.69) is 36.1 Å². The molecule has 39 heavy (non-hydrogen) atoms. The molecule has 16 nitrogen and oxygen atoms in total. The van der Waals surface area contributed by atoms with Crippen molar-refractivity contribution in [3.05, 3.63) is 22.3 Å². The number of esters is 1. The number of fused-ring (bicyclic) bond motifs is 1. The molecule has 2 aromatic heterocycles. The highest BCUT2D eigenvalue weighted by Gasteiger charge is 2.54. The first-order valence-electron chi connectivity index (χ1n) is 11.1. The molecule has 1 fully saturated rings. The van der Waals surface area contributed by atoms with Gasteiger partial charge in [0, 0.05) is 16.9 Å². The van der Waals surface area contributed by atoms with Crippen molar-refractivity contribution in [3.8, 4) is 0 Å². The first kappa shape index (κ1) is 28.3. The van der Waals surface area contributed by atoms with Gasteiger partial charge in [-0.3, -0.25) is 14.5 Å². The maximum absolute atomic E-state index is 13.1. The number of amides is 2. The van der Waals surface area contributed by atoms with Crippen molar-refractivity contribution in [1.82, 2.24) is 35.8 Å². The van der Waals surface area contributed by atoms with Gasteiger partial charge in [-0.2, -0.15) is 0 Å². The number of oxime groups is 1. The van der Waals surface area contributed by atoms with E-state index < -0.39 is 47.4 Å². The van der Waals surface area contributed by atoms with Gasteiger partial charge in [0.25, 0.3) is 11.8 Å². The third-order valence-electron chi connectivity index (χ3n) is 4.98. The molecule has 2 atom stereocenters. The van der Waals surface area contributed by atoms with E-state index in [1.54, 1.807) is 20.8 Å². The van der Waals surface area contributed by atoms with Crippen LogP contribution in [-0.2, 0) is 28.8 Å². The van der Waals surface area contributed by atoms with Crippen molar-refractivity contribution in [2.45, 2.75) is 42.9 Å². The number of carbonyl (C=O) groups excluding carboxylic acids is 3. The number of aromatic amines is 1. The number of thiazole rings is 1. The van der Waals surface area contributed by atoms with Crippen LogP contribution >= 0.6 is 34.9 Å². The van der Waals surface area contributed by atoms with E-state index in [1.165, 1.54) is 28.9 Å². The average molecular weight is 598 g/mol. The molecule has 0 spiro atoms. The number of ether oxygens (including phenoxy) is 1. The number of rotatable bonds is 10. The number of tetrazole rings is 1. The third kappa shape index (κ3) is 6.66. The van der Waals surface area contributed by atoms with Gasteiger partial charge in [-0.05, 0) is 36.8 Å². The zero-order valence-electron chi connectivity index (χ0n) is 20.7. The van der Waals surface area contributed by atoms with Crippen LogP contribution in [-0.4, -0.2) is 100 Å². The molecule has 0 radical (unpaired) electrons. The minimum absolute atomic E-state index is 0.0754. The lowest BCUT2D eigenvalue weighted by atomic mass is 10.0. The van der Waals surface area contributed by atoms with Gasteiger partial charge in [0.2, 0.25) is 11.8 Å². The normalized spacial score (nSPS) is 19.3. The molecule has 2 amide bonds. The fraction of sp³-hybridized carbons (Fsp3) is 0.450. The Morgan fingerprint density at radius 3 is 2.77 bits per heavy atom. The lowest BCUT2D eigenvalue weighted by molar-refractivity contribution is -0.160. The van der Waals surface area contributed by atoms with Crippen molar-refractivity contribution in [1.29, 1.82) is 0 Å². The number of β-lactam (4-membered cyclic amide) rings is 1. The molecule has 1 saturated heterocycles. The standard InChI is InChI=1S/C20H23N9O7S3/c1-20(2,3)36-10(30)4-35-26-11(9-7-38-18(21)22-9)14(31)23-12-15(32)29-13(17(33)34)8(5-37-16(12)29)6-39-19-24-27-28-25-19/h7,12,16H,4-6H2,1-3H3,(H2,21,22)(H,23,31)(H,33,34)(H,24,25,27,28)/t12?,16-/m0/s1. The molecule has 0 saturated carbocycles. The summed E-state index contributed by atoms with van der Waals surface area (Å²) in [4.78, 5) is 60.4. The molecular weight excluding hydrogens is 574 g/mol. The second kappa shape index (κ2) is 11.6. The number of nitrogens with zero attached hydrogens (tertiary/aromatic N) is 6. The van der Waals surface area contributed by atoms with Crippen LogP contribution in [0.5, 0.6) is 0 Å². The SMILES string of the molecule is CC(C)(C)OC(=O)CON=C(C(=O)NC1C(=O)N2C(C(=O)O)=C(CSc3nnn[nH]3)CS[C@@H]12)c1csc(N)n1. The van der Waals surface area contributed by atoms with Crippen LogP contribution < -0.4 is 11.1 Å².